The Morgan fingerprint density at radius 2 is 1.70 bits per heavy atom. The van der Waals surface area contributed by atoms with E-state index in [2.05, 4.69) is 0 Å². The molecule has 27 heavy (non-hydrogen) atoms. The summed E-state index contributed by atoms with van der Waals surface area (Å²) in [6.07, 6.45) is -3.35. The second kappa shape index (κ2) is 6.61. The van der Waals surface area contributed by atoms with Crippen molar-refractivity contribution in [3.05, 3.63) is 71.8 Å². The molecule has 138 valence electrons. The number of alkyl halides is 3. The van der Waals surface area contributed by atoms with Crippen molar-refractivity contribution < 1.29 is 22.7 Å². The fourth-order valence-electron chi connectivity index (χ4n) is 3.02. The minimum atomic E-state index is -4.38. The van der Waals surface area contributed by atoms with Gasteiger partial charge in [-0.1, -0.05) is 12.1 Å². The lowest BCUT2D eigenvalue weighted by atomic mass is 10.0. The van der Waals surface area contributed by atoms with Gasteiger partial charge >= 0.3 is 6.18 Å². The molecule has 0 spiro atoms. The van der Waals surface area contributed by atoms with E-state index in [0.29, 0.717) is 17.1 Å². The lowest BCUT2D eigenvalue weighted by Gasteiger charge is -2.31. The van der Waals surface area contributed by atoms with Gasteiger partial charge in [-0.05, 0) is 60.3 Å². The van der Waals surface area contributed by atoms with E-state index in [1.165, 1.54) is 12.1 Å². The summed E-state index contributed by atoms with van der Waals surface area (Å²) in [4.78, 5) is 14.2. The topological polar surface area (TPSA) is 29.5 Å². The molecule has 1 saturated heterocycles. The molecule has 1 amide bonds. The van der Waals surface area contributed by atoms with Gasteiger partial charge in [0.2, 0.25) is 0 Å². The number of likely N-dealkylation sites (tertiary alicyclic amines) is 1. The maximum absolute atomic E-state index is 12.7. The van der Waals surface area contributed by atoms with E-state index in [-0.39, 0.29) is 5.91 Å². The summed E-state index contributed by atoms with van der Waals surface area (Å²) in [6, 6.07) is 15.4. The predicted molar refractivity (Wildman–Crippen MR) is 96.0 cm³/mol. The van der Waals surface area contributed by atoms with E-state index < -0.39 is 11.7 Å². The number of carbonyl (C=O) groups excluding carboxylic acids is 1. The number of fused-ring (bicyclic) bond motifs is 1. The zero-order valence-corrected chi connectivity index (χ0v) is 14.3. The molecule has 1 aliphatic rings. The molecule has 3 aromatic carbocycles. The predicted octanol–water partition coefficient (Wildman–Crippen LogP) is 5.50. The Morgan fingerprint density at radius 1 is 0.963 bits per heavy atom. The van der Waals surface area contributed by atoms with E-state index in [9.17, 15) is 18.0 Å². The first-order valence-corrected chi connectivity index (χ1v) is 8.59. The van der Waals surface area contributed by atoms with Crippen LogP contribution in [-0.2, 0) is 6.18 Å². The van der Waals surface area contributed by atoms with Crippen molar-refractivity contribution in [3.63, 3.8) is 0 Å². The van der Waals surface area contributed by atoms with E-state index in [4.69, 9.17) is 4.74 Å². The SMILES string of the molecule is O=C(c1ccc2c(Oc3ccc(C(F)(F)F)cc3)cccc2c1)N1CCC1. The first kappa shape index (κ1) is 17.4. The summed E-state index contributed by atoms with van der Waals surface area (Å²) < 4.78 is 43.8. The number of halogens is 3. The third-order valence-corrected chi connectivity index (χ3v) is 4.64. The largest absolute Gasteiger partial charge is 0.457 e. The lowest BCUT2D eigenvalue weighted by Crippen LogP contribution is -2.41. The highest BCUT2D eigenvalue weighted by atomic mass is 19.4. The number of hydrogen-bond donors (Lipinski definition) is 0. The summed E-state index contributed by atoms with van der Waals surface area (Å²) in [5.41, 5.74) is -0.101. The van der Waals surface area contributed by atoms with Crippen molar-refractivity contribution in [1.82, 2.24) is 4.90 Å². The highest BCUT2D eigenvalue weighted by molar-refractivity contribution is 6.00. The summed E-state index contributed by atoms with van der Waals surface area (Å²) >= 11 is 0. The van der Waals surface area contributed by atoms with E-state index in [1.54, 1.807) is 23.1 Å². The van der Waals surface area contributed by atoms with Gasteiger partial charge in [-0.3, -0.25) is 4.79 Å². The number of ether oxygens (including phenoxy) is 1. The molecule has 0 N–H and O–H groups in total. The Hall–Kier alpha value is -3.02. The Kier molecular flexibility index (Phi) is 4.26. The third-order valence-electron chi connectivity index (χ3n) is 4.64. The van der Waals surface area contributed by atoms with Crippen LogP contribution in [0.3, 0.4) is 0 Å². The van der Waals surface area contributed by atoms with Gasteiger partial charge < -0.3 is 9.64 Å². The van der Waals surface area contributed by atoms with Crippen LogP contribution in [0.2, 0.25) is 0 Å². The number of rotatable bonds is 3. The average molecular weight is 371 g/mol. The van der Waals surface area contributed by atoms with Crippen LogP contribution < -0.4 is 4.74 Å². The zero-order valence-electron chi connectivity index (χ0n) is 14.3. The average Bonchev–Trinajstić information content (AvgIpc) is 2.60. The molecular weight excluding hydrogens is 355 g/mol. The summed E-state index contributed by atoms with van der Waals surface area (Å²) in [5, 5.41) is 1.63. The van der Waals surface area contributed by atoms with Crippen molar-refractivity contribution in [2.75, 3.05) is 13.1 Å². The van der Waals surface area contributed by atoms with Gasteiger partial charge in [0, 0.05) is 24.0 Å². The van der Waals surface area contributed by atoms with Crippen molar-refractivity contribution in [1.29, 1.82) is 0 Å². The van der Waals surface area contributed by atoms with Gasteiger partial charge in [0.15, 0.2) is 0 Å². The molecule has 0 radical (unpaired) electrons. The molecule has 3 nitrogen and oxygen atoms in total. The Bertz CT molecular complexity index is 992. The Labute approximate surface area is 154 Å². The minimum Gasteiger partial charge on any atom is -0.457 e. The smallest absolute Gasteiger partial charge is 0.416 e. The van der Waals surface area contributed by atoms with Gasteiger partial charge in [0.1, 0.15) is 11.5 Å². The number of hydrogen-bond acceptors (Lipinski definition) is 2. The minimum absolute atomic E-state index is 0.0113. The van der Waals surface area contributed by atoms with Crippen LogP contribution in [-0.4, -0.2) is 23.9 Å². The van der Waals surface area contributed by atoms with Crippen LogP contribution >= 0.6 is 0 Å². The Balaban J connectivity index is 1.61. The van der Waals surface area contributed by atoms with Gasteiger partial charge in [-0.2, -0.15) is 13.2 Å². The van der Waals surface area contributed by atoms with Gasteiger partial charge in [0.25, 0.3) is 5.91 Å². The van der Waals surface area contributed by atoms with Gasteiger partial charge in [0.05, 0.1) is 5.56 Å². The van der Waals surface area contributed by atoms with Crippen LogP contribution in [0.1, 0.15) is 22.3 Å². The van der Waals surface area contributed by atoms with Crippen molar-refractivity contribution in [2.45, 2.75) is 12.6 Å². The van der Waals surface area contributed by atoms with Crippen LogP contribution in [0, 0.1) is 0 Å². The normalized spacial score (nSPS) is 14.1. The van der Waals surface area contributed by atoms with Crippen LogP contribution in [0.15, 0.2) is 60.7 Å². The van der Waals surface area contributed by atoms with Crippen molar-refractivity contribution in [2.24, 2.45) is 0 Å². The molecule has 0 atom stereocenters. The second-order valence-corrected chi connectivity index (χ2v) is 6.46. The van der Waals surface area contributed by atoms with Crippen molar-refractivity contribution in [3.8, 4) is 11.5 Å². The fraction of sp³-hybridized carbons (Fsp3) is 0.190. The van der Waals surface area contributed by atoms with Crippen LogP contribution in [0.25, 0.3) is 10.8 Å². The molecule has 0 unspecified atom stereocenters. The van der Waals surface area contributed by atoms with Crippen molar-refractivity contribution >= 4 is 16.7 Å². The summed E-state index contributed by atoms with van der Waals surface area (Å²) in [6.45, 7) is 1.57. The number of carbonyl (C=O) groups is 1. The first-order chi connectivity index (χ1) is 12.9. The molecule has 1 fully saturated rings. The molecule has 4 rings (SSSR count). The second-order valence-electron chi connectivity index (χ2n) is 6.46. The highest BCUT2D eigenvalue weighted by Crippen LogP contribution is 2.34. The van der Waals surface area contributed by atoms with Crippen LogP contribution in [0.4, 0.5) is 13.2 Å². The molecule has 0 saturated carbocycles. The summed E-state index contributed by atoms with van der Waals surface area (Å²) in [5.74, 6) is 0.851. The maximum Gasteiger partial charge on any atom is 0.416 e. The quantitative estimate of drug-likeness (QED) is 0.609. The molecule has 0 aromatic heterocycles. The Morgan fingerprint density at radius 3 is 2.33 bits per heavy atom. The summed E-state index contributed by atoms with van der Waals surface area (Å²) in [7, 11) is 0. The van der Waals surface area contributed by atoms with Crippen LogP contribution in [0.5, 0.6) is 11.5 Å². The number of nitrogens with zero attached hydrogens (tertiary/aromatic N) is 1. The maximum atomic E-state index is 12.7. The third kappa shape index (κ3) is 3.47. The lowest BCUT2D eigenvalue weighted by molar-refractivity contribution is -0.137. The van der Waals surface area contributed by atoms with Gasteiger partial charge in [-0.25, -0.2) is 0 Å². The zero-order chi connectivity index (χ0) is 19.0. The molecule has 6 heteroatoms. The van der Waals surface area contributed by atoms with E-state index in [0.717, 1.165) is 42.4 Å². The molecule has 1 aliphatic heterocycles. The van der Waals surface area contributed by atoms with E-state index in [1.807, 2.05) is 18.2 Å². The first-order valence-electron chi connectivity index (χ1n) is 8.59. The molecular formula is C21H16F3NO2. The number of amides is 1. The fourth-order valence-corrected chi connectivity index (χ4v) is 3.02. The molecule has 0 bridgehead atoms. The van der Waals surface area contributed by atoms with Gasteiger partial charge in [-0.15, -0.1) is 0 Å². The molecule has 0 aliphatic carbocycles. The monoisotopic (exact) mass is 371 g/mol. The highest BCUT2D eigenvalue weighted by Gasteiger charge is 2.30. The molecule has 1 heterocycles. The standard InChI is InChI=1S/C21H16F3NO2/c22-21(23,24)16-6-8-17(9-7-16)27-19-4-1-3-14-13-15(5-10-18(14)19)20(26)25-11-2-12-25/h1,3-10,13H,2,11-12H2. The van der Waals surface area contributed by atoms with E-state index >= 15 is 0 Å². The number of benzene rings is 3. The molecule has 3 aromatic rings.